The van der Waals surface area contributed by atoms with Gasteiger partial charge < -0.3 is 4.90 Å². The molecule has 11 rings (SSSR count). The summed E-state index contributed by atoms with van der Waals surface area (Å²) in [5.41, 5.74) is 10.6. The minimum Gasteiger partial charge on any atom is -0.309 e. The molecule has 8 aromatic carbocycles. The van der Waals surface area contributed by atoms with E-state index < -0.39 is 5.41 Å². The van der Waals surface area contributed by atoms with Crippen LogP contribution in [0.15, 0.2) is 186 Å². The minimum absolute atomic E-state index is 0.492. The summed E-state index contributed by atoms with van der Waals surface area (Å²) in [6.07, 6.45) is 0. The summed E-state index contributed by atoms with van der Waals surface area (Å²) < 4.78 is 6.23. The van der Waals surface area contributed by atoms with E-state index in [2.05, 4.69) is 203 Å². The highest BCUT2D eigenvalue weighted by Crippen LogP contribution is 2.58. The van der Waals surface area contributed by atoms with Crippen molar-refractivity contribution in [2.45, 2.75) is 5.41 Å². The van der Waals surface area contributed by atoms with Crippen LogP contribution in [-0.4, -0.2) is 0 Å². The molecule has 0 fully saturated rings. The smallest absolute Gasteiger partial charge is 0.0714 e. The van der Waals surface area contributed by atoms with E-state index in [4.69, 9.17) is 0 Å². The number of benzene rings is 8. The second-order valence-corrected chi connectivity index (χ2v) is 16.8. The Hall–Kier alpha value is -5.52. The number of thiophene rings is 2. The number of fused-ring (bicyclic) bond motifs is 9. The Kier molecular flexibility index (Phi) is 7.03. The summed E-state index contributed by atoms with van der Waals surface area (Å²) in [4.78, 5) is 2.50. The van der Waals surface area contributed by atoms with Crippen LogP contribution in [0, 0.1) is 0 Å². The fourth-order valence-electron chi connectivity index (χ4n) is 8.79. The molecule has 0 bridgehead atoms. The van der Waals surface area contributed by atoms with Crippen LogP contribution in [0.1, 0.15) is 22.3 Å². The maximum absolute atomic E-state index is 3.96. The Morgan fingerprint density at radius 3 is 1.74 bits per heavy atom. The van der Waals surface area contributed by atoms with Gasteiger partial charge in [-0.05, 0) is 88.0 Å². The molecule has 1 nitrogen and oxygen atoms in total. The van der Waals surface area contributed by atoms with Gasteiger partial charge in [-0.15, -0.1) is 22.7 Å². The second-order valence-electron chi connectivity index (χ2n) is 13.8. The standard InChI is InChI=1S/C49H30BrNS2/c50-33-27-41-39-19-9-12-22-46(39)53-48(41)44(28-33)51(34-24-26-47-40(29-34)38-18-8-11-21-45(38)52-47)35-23-25-37-36-17-7-10-20-42(36)49(43(37)30-35,31-13-3-1-4-14-31)32-15-5-2-6-16-32/h1-30H. The number of nitrogens with zero attached hydrogens (tertiary/aromatic N) is 1. The first-order valence-electron chi connectivity index (χ1n) is 17.9. The molecule has 0 atom stereocenters. The first-order chi connectivity index (χ1) is 26.2. The Balaban J connectivity index is 1.24. The largest absolute Gasteiger partial charge is 0.309 e. The topological polar surface area (TPSA) is 3.24 Å². The monoisotopic (exact) mass is 775 g/mol. The fourth-order valence-corrected chi connectivity index (χ4v) is 11.5. The number of anilines is 3. The lowest BCUT2D eigenvalue weighted by Gasteiger charge is -2.35. The van der Waals surface area contributed by atoms with Crippen LogP contribution in [0.2, 0.25) is 0 Å². The minimum atomic E-state index is -0.492. The van der Waals surface area contributed by atoms with Gasteiger partial charge in [-0.2, -0.15) is 0 Å². The van der Waals surface area contributed by atoms with Gasteiger partial charge in [0.1, 0.15) is 0 Å². The van der Waals surface area contributed by atoms with Crippen molar-refractivity contribution in [3.05, 3.63) is 209 Å². The molecule has 0 saturated heterocycles. The van der Waals surface area contributed by atoms with Gasteiger partial charge in [-0.1, -0.05) is 143 Å². The van der Waals surface area contributed by atoms with Gasteiger partial charge in [-0.3, -0.25) is 0 Å². The summed E-state index contributed by atoms with van der Waals surface area (Å²) in [5.74, 6) is 0. The quantitative estimate of drug-likeness (QED) is 0.168. The van der Waals surface area contributed by atoms with E-state index in [0.717, 1.165) is 21.5 Å². The van der Waals surface area contributed by atoms with E-state index in [1.165, 1.54) is 73.7 Å². The molecule has 0 radical (unpaired) electrons. The molecule has 1 aliphatic carbocycles. The van der Waals surface area contributed by atoms with E-state index >= 15 is 0 Å². The summed E-state index contributed by atoms with van der Waals surface area (Å²) in [5, 5.41) is 5.13. The van der Waals surface area contributed by atoms with Gasteiger partial charge in [0.25, 0.3) is 0 Å². The zero-order valence-electron chi connectivity index (χ0n) is 28.5. The van der Waals surface area contributed by atoms with Crippen molar-refractivity contribution >= 4 is 96.0 Å². The average molecular weight is 777 g/mol. The van der Waals surface area contributed by atoms with Gasteiger partial charge in [-0.25, -0.2) is 0 Å². The van der Waals surface area contributed by atoms with Gasteiger partial charge in [0.15, 0.2) is 0 Å². The zero-order valence-corrected chi connectivity index (χ0v) is 31.7. The van der Waals surface area contributed by atoms with Crippen LogP contribution in [0.25, 0.3) is 51.5 Å². The van der Waals surface area contributed by atoms with Crippen LogP contribution in [-0.2, 0) is 5.41 Å². The number of halogens is 1. The number of hydrogen-bond donors (Lipinski definition) is 0. The van der Waals surface area contributed by atoms with Gasteiger partial charge in [0, 0.05) is 51.5 Å². The van der Waals surface area contributed by atoms with E-state index in [1.54, 1.807) is 0 Å². The second kappa shape index (κ2) is 12.0. The third kappa shape index (κ3) is 4.59. The summed E-state index contributed by atoms with van der Waals surface area (Å²) in [6, 6.07) is 67.5. The molecule has 1 aliphatic rings. The van der Waals surface area contributed by atoms with Crippen molar-refractivity contribution in [1.29, 1.82) is 0 Å². The Labute approximate surface area is 324 Å². The molecule has 0 unspecified atom stereocenters. The SMILES string of the molecule is Brc1cc(N(c2ccc3c(c2)C(c2ccccc2)(c2ccccc2)c2ccccc2-3)c2ccc3sc4ccccc4c3c2)c2sc3ccccc3c2c1. The van der Waals surface area contributed by atoms with Gasteiger partial charge in [0.2, 0.25) is 0 Å². The van der Waals surface area contributed by atoms with Crippen LogP contribution < -0.4 is 4.90 Å². The van der Waals surface area contributed by atoms with E-state index in [1.807, 2.05) is 22.7 Å². The van der Waals surface area contributed by atoms with Crippen LogP contribution in [0.5, 0.6) is 0 Å². The normalized spacial score (nSPS) is 13.2. The van der Waals surface area contributed by atoms with E-state index in [-0.39, 0.29) is 0 Å². The molecule has 53 heavy (non-hydrogen) atoms. The van der Waals surface area contributed by atoms with Crippen LogP contribution >= 0.6 is 38.6 Å². The van der Waals surface area contributed by atoms with Crippen LogP contribution in [0.3, 0.4) is 0 Å². The predicted molar refractivity (Wildman–Crippen MR) is 232 cm³/mol. The Morgan fingerprint density at radius 1 is 0.415 bits per heavy atom. The fraction of sp³-hybridized carbons (Fsp3) is 0.0204. The highest BCUT2D eigenvalue weighted by molar-refractivity contribution is 9.10. The lowest BCUT2D eigenvalue weighted by atomic mass is 9.67. The molecule has 0 spiro atoms. The molecule has 0 amide bonds. The molecule has 0 saturated carbocycles. The summed E-state index contributed by atoms with van der Waals surface area (Å²) in [7, 11) is 0. The van der Waals surface area contributed by atoms with Crippen molar-refractivity contribution in [2.75, 3.05) is 4.90 Å². The molecule has 250 valence electrons. The number of hydrogen-bond acceptors (Lipinski definition) is 3. The molecule has 2 heterocycles. The van der Waals surface area contributed by atoms with Crippen molar-refractivity contribution < 1.29 is 0 Å². The molecule has 0 N–H and O–H groups in total. The third-order valence-electron chi connectivity index (χ3n) is 11.0. The summed E-state index contributed by atoms with van der Waals surface area (Å²) >= 11 is 7.69. The molecule has 4 heteroatoms. The van der Waals surface area contributed by atoms with Crippen molar-refractivity contribution in [3.8, 4) is 11.1 Å². The highest BCUT2D eigenvalue weighted by Gasteiger charge is 2.46. The van der Waals surface area contributed by atoms with E-state index in [9.17, 15) is 0 Å². The van der Waals surface area contributed by atoms with Crippen molar-refractivity contribution in [3.63, 3.8) is 0 Å². The first kappa shape index (κ1) is 31.0. The number of rotatable bonds is 5. The van der Waals surface area contributed by atoms with Crippen LogP contribution in [0.4, 0.5) is 17.1 Å². The molecular weight excluding hydrogens is 747 g/mol. The van der Waals surface area contributed by atoms with Crippen molar-refractivity contribution in [1.82, 2.24) is 0 Å². The maximum atomic E-state index is 3.96. The van der Waals surface area contributed by atoms with E-state index in [0.29, 0.717) is 0 Å². The first-order valence-corrected chi connectivity index (χ1v) is 20.3. The molecule has 2 aromatic heterocycles. The highest BCUT2D eigenvalue weighted by atomic mass is 79.9. The van der Waals surface area contributed by atoms with Crippen molar-refractivity contribution in [2.24, 2.45) is 0 Å². The zero-order chi connectivity index (χ0) is 35.1. The Bertz CT molecular complexity index is 2990. The summed E-state index contributed by atoms with van der Waals surface area (Å²) in [6.45, 7) is 0. The third-order valence-corrected chi connectivity index (χ3v) is 13.8. The lowest BCUT2D eigenvalue weighted by molar-refractivity contribution is 0.768. The maximum Gasteiger partial charge on any atom is 0.0714 e. The van der Waals surface area contributed by atoms with Gasteiger partial charge >= 0.3 is 0 Å². The Morgan fingerprint density at radius 2 is 0.981 bits per heavy atom. The lowest BCUT2D eigenvalue weighted by Crippen LogP contribution is -2.28. The molecular formula is C49H30BrNS2. The molecule has 0 aliphatic heterocycles. The average Bonchev–Trinajstić information content (AvgIpc) is 3.87. The molecule has 10 aromatic rings. The predicted octanol–water partition coefficient (Wildman–Crippen LogP) is 15.0. The van der Waals surface area contributed by atoms with Gasteiger partial charge in [0.05, 0.1) is 15.8 Å².